The zero-order chi connectivity index (χ0) is 30.1. The zero-order valence-electron chi connectivity index (χ0n) is 22.9. The molecule has 0 aliphatic carbocycles. The molecule has 0 unspecified atom stereocenters. The normalized spacial score (nSPS) is 13.0. The van der Waals surface area contributed by atoms with Gasteiger partial charge in [0.15, 0.2) is 0 Å². The van der Waals surface area contributed by atoms with Crippen molar-refractivity contribution in [2.45, 2.75) is 44.3 Å². The van der Waals surface area contributed by atoms with Crippen molar-refractivity contribution in [2.75, 3.05) is 0 Å². The minimum atomic E-state index is -1.25. The lowest BCUT2D eigenvalue weighted by Crippen LogP contribution is -2.57. The Hall–Kier alpha value is -4.76. The molecule has 0 saturated carbocycles. The zero-order valence-corrected chi connectivity index (χ0v) is 23.7. The molecule has 42 heavy (non-hydrogen) atoms. The average molecular weight is 587 g/mol. The molecule has 0 aliphatic rings. The third-order valence-corrected chi connectivity index (χ3v) is 6.96. The molecular weight excluding hydrogens is 556 g/mol. The molecular formula is C32H31ClN4O5. The van der Waals surface area contributed by atoms with Gasteiger partial charge in [-0.15, -0.1) is 0 Å². The highest BCUT2D eigenvalue weighted by atomic mass is 35.5. The molecule has 4 rings (SSSR count). The molecule has 3 atom stereocenters. The first-order valence-electron chi connectivity index (χ1n) is 13.4. The van der Waals surface area contributed by atoms with Crippen molar-refractivity contribution < 1.29 is 24.3 Å². The number of halogens is 1. The number of amides is 3. The first kappa shape index (κ1) is 30.2. The minimum Gasteiger partial charge on any atom is -0.480 e. The maximum Gasteiger partial charge on any atom is 0.326 e. The average Bonchev–Trinajstić information content (AvgIpc) is 2.97. The van der Waals surface area contributed by atoms with Gasteiger partial charge < -0.3 is 21.1 Å². The van der Waals surface area contributed by atoms with E-state index in [2.05, 4.69) is 20.9 Å². The van der Waals surface area contributed by atoms with E-state index in [1.807, 2.05) is 42.5 Å². The Morgan fingerprint density at radius 1 is 0.714 bits per heavy atom. The van der Waals surface area contributed by atoms with Gasteiger partial charge in [-0.25, -0.2) is 4.79 Å². The molecule has 0 fully saturated rings. The number of aromatic nitrogens is 1. The predicted octanol–water partition coefficient (Wildman–Crippen LogP) is 3.48. The Kier molecular flexibility index (Phi) is 10.2. The number of aliphatic carboxylic acids is 1. The van der Waals surface area contributed by atoms with E-state index in [0.29, 0.717) is 16.1 Å². The van der Waals surface area contributed by atoms with Gasteiger partial charge in [0.25, 0.3) is 0 Å². The van der Waals surface area contributed by atoms with Crippen LogP contribution >= 0.6 is 11.6 Å². The Morgan fingerprint density at radius 2 is 1.31 bits per heavy atom. The van der Waals surface area contributed by atoms with Crippen LogP contribution in [0.3, 0.4) is 0 Å². The number of carboxylic acids is 1. The number of hydrogen-bond donors (Lipinski definition) is 4. The van der Waals surface area contributed by atoms with E-state index in [-0.39, 0.29) is 19.3 Å². The number of carbonyl (C=O) groups is 4. The second kappa shape index (κ2) is 14.2. The number of pyridine rings is 1. The molecule has 4 aromatic rings. The smallest absolute Gasteiger partial charge is 0.326 e. The van der Waals surface area contributed by atoms with E-state index < -0.39 is 41.8 Å². The first-order chi connectivity index (χ1) is 20.2. The van der Waals surface area contributed by atoms with Gasteiger partial charge in [-0.05, 0) is 45.7 Å². The molecule has 4 N–H and O–H groups in total. The SMILES string of the molecule is CC(=O)N[C@H](Cc1ccc2ccccc2c1)C(=O)N[C@H](Cc1ccc(Cl)cc1)C(=O)N[C@H](Cc1cccnc1)C(=O)O. The minimum absolute atomic E-state index is 0.00695. The van der Waals surface area contributed by atoms with Crippen molar-refractivity contribution in [3.8, 4) is 0 Å². The van der Waals surface area contributed by atoms with Crippen LogP contribution in [0.1, 0.15) is 23.6 Å². The fourth-order valence-electron chi connectivity index (χ4n) is 4.62. The number of carbonyl (C=O) groups excluding carboxylic acids is 3. The lowest BCUT2D eigenvalue weighted by molar-refractivity contribution is -0.142. The number of benzene rings is 3. The Labute approximate surface area is 248 Å². The molecule has 9 nitrogen and oxygen atoms in total. The summed E-state index contributed by atoms with van der Waals surface area (Å²) < 4.78 is 0. The number of fused-ring (bicyclic) bond motifs is 1. The van der Waals surface area contributed by atoms with E-state index in [1.54, 1.807) is 42.6 Å². The predicted molar refractivity (Wildman–Crippen MR) is 160 cm³/mol. The molecule has 0 aliphatic heterocycles. The number of nitrogens with one attached hydrogen (secondary N) is 3. The second-order valence-corrected chi connectivity index (χ2v) is 10.4. The van der Waals surface area contributed by atoms with Crippen LogP contribution in [-0.2, 0) is 38.4 Å². The van der Waals surface area contributed by atoms with Gasteiger partial charge in [-0.3, -0.25) is 19.4 Å². The van der Waals surface area contributed by atoms with Crippen molar-refractivity contribution >= 4 is 46.1 Å². The quantitative estimate of drug-likeness (QED) is 0.201. The topological polar surface area (TPSA) is 137 Å². The van der Waals surface area contributed by atoms with Crippen molar-refractivity contribution in [2.24, 2.45) is 0 Å². The molecule has 10 heteroatoms. The summed E-state index contributed by atoms with van der Waals surface area (Å²) in [6.07, 6.45) is 3.35. The molecule has 3 amide bonds. The highest BCUT2D eigenvalue weighted by Crippen LogP contribution is 2.17. The fraction of sp³-hybridized carbons (Fsp3) is 0.219. The van der Waals surface area contributed by atoms with Crippen LogP contribution < -0.4 is 16.0 Å². The highest BCUT2D eigenvalue weighted by molar-refractivity contribution is 6.30. The number of rotatable bonds is 12. The monoisotopic (exact) mass is 586 g/mol. The van der Waals surface area contributed by atoms with Gasteiger partial charge in [0, 0.05) is 43.6 Å². The van der Waals surface area contributed by atoms with E-state index in [0.717, 1.165) is 16.3 Å². The van der Waals surface area contributed by atoms with Crippen molar-refractivity contribution in [3.63, 3.8) is 0 Å². The van der Waals surface area contributed by atoms with Gasteiger partial charge in [0.05, 0.1) is 0 Å². The standard InChI is InChI=1S/C32H31ClN4O5/c1-20(38)35-27(17-22-8-11-24-6-2-3-7-25(24)15-22)30(39)36-28(16-21-9-12-26(33)13-10-21)31(40)37-29(32(41)42)18-23-5-4-14-34-19-23/h2-15,19,27-29H,16-18H2,1H3,(H,35,38)(H,36,39)(H,37,40)(H,41,42)/t27-,28-,29-/m1/s1. The molecule has 0 bridgehead atoms. The van der Waals surface area contributed by atoms with E-state index >= 15 is 0 Å². The number of nitrogens with zero attached hydrogens (tertiary/aromatic N) is 1. The third kappa shape index (κ3) is 8.62. The summed E-state index contributed by atoms with van der Waals surface area (Å²) in [4.78, 5) is 55.1. The van der Waals surface area contributed by atoms with Crippen LogP contribution in [0.25, 0.3) is 10.8 Å². The number of hydrogen-bond acceptors (Lipinski definition) is 5. The fourth-order valence-corrected chi connectivity index (χ4v) is 4.75. The van der Waals surface area contributed by atoms with Crippen LogP contribution in [0.2, 0.25) is 5.02 Å². The first-order valence-corrected chi connectivity index (χ1v) is 13.8. The van der Waals surface area contributed by atoms with E-state index in [4.69, 9.17) is 11.6 Å². The number of carboxylic acid groups (broad SMARTS) is 1. The summed E-state index contributed by atoms with van der Waals surface area (Å²) in [6, 6.07) is 20.4. The van der Waals surface area contributed by atoms with Crippen LogP contribution in [-0.4, -0.2) is 51.9 Å². The van der Waals surface area contributed by atoms with Gasteiger partial charge in [-0.1, -0.05) is 72.3 Å². The third-order valence-electron chi connectivity index (χ3n) is 6.71. The van der Waals surface area contributed by atoms with Gasteiger partial charge in [0.1, 0.15) is 18.1 Å². The van der Waals surface area contributed by atoms with Crippen LogP contribution in [0.5, 0.6) is 0 Å². The van der Waals surface area contributed by atoms with E-state index in [1.165, 1.54) is 13.1 Å². The van der Waals surface area contributed by atoms with Gasteiger partial charge in [0.2, 0.25) is 17.7 Å². The van der Waals surface area contributed by atoms with Crippen LogP contribution in [0.15, 0.2) is 91.3 Å². The molecule has 0 saturated heterocycles. The molecule has 1 aromatic heterocycles. The summed E-state index contributed by atoms with van der Waals surface area (Å²) in [7, 11) is 0. The van der Waals surface area contributed by atoms with Crippen LogP contribution in [0.4, 0.5) is 0 Å². The summed E-state index contributed by atoms with van der Waals surface area (Å²) in [6.45, 7) is 1.31. The second-order valence-electron chi connectivity index (χ2n) is 10.00. The highest BCUT2D eigenvalue weighted by Gasteiger charge is 2.30. The lowest BCUT2D eigenvalue weighted by atomic mass is 9.99. The largest absolute Gasteiger partial charge is 0.480 e. The summed E-state index contributed by atoms with van der Waals surface area (Å²) in [5.41, 5.74) is 2.15. The molecule has 0 radical (unpaired) electrons. The lowest BCUT2D eigenvalue weighted by Gasteiger charge is -2.25. The molecule has 0 spiro atoms. The van der Waals surface area contributed by atoms with E-state index in [9.17, 15) is 24.3 Å². The van der Waals surface area contributed by atoms with Gasteiger partial charge in [-0.2, -0.15) is 0 Å². The summed E-state index contributed by atoms with van der Waals surface area (Å²) in [5, 5.41) is 20.3. The Morgan fingerprint density at radius 3 is 1.95 bits per heavy atom. The Balaban J connectivity index is 1.55. The van der Waals surface area contributed by atoms with Crippen molar-refractivity contribution in [3.05, 3.63) is 113 Å². The maximum absolute atomic E-state index is 13.6. The molecule has 216 valence electrons. The van der Waals surface area contributed by atoms with Gasteiger partial charge >= 0.3 is 5.97 Å². The maximum atomic E-state index is 13.6. The van der Waals surface area contributed by atoms with Crippen molar-refractivity contribution in [1.82, 2.24) is 20.9 Å². The summed E-state index contributed by atoms with van der Waals surface area (Å²) in [5.74, 6) is -2.89. The summed E-state index contributed by atoms with van der Waals surface area (Å²) >= 11 is 6.02. The molecule has 1 heterocycles. The van der Waals surface area contributed by atoms with Crippen molar-refractivity contribution in [1.29, 1.82) is 0 Å². The molecule has 3 aromatic carbocycles. The Bertz CT molecular complexity index is 1560. The van der Waals surface area contributed by atoms with Crippen LogP contribution in [0, 0.1) is 0 Å².